The highest BCUT2D eigenvalue weighted by atomic mass is 16.4. The maximum atomic E-state index is 12.4. The van der Waals surface area contributed by atoms with Crippen molar-refractivity contribution in [3.8, 4) is 0 Å². The van der Waals surface area contributed by atoms with E-state index >= 15 is 0 Å². The van der Waals surface area contributed by atoms with Crippen molar-refractivity contribution >= 4 is 22.8 Å². The van der Waals surface area contributed by atoms with Crippen LogP contribution < -0.4 is 5.32 Å². The number of carbonyl (C=O) groups excluding carboxylic acids is 1. The van der Waals surface area contributed by atoms with E-state index in [1.54, 1.807) is 0 Å². The molecule has 1 atom stereocenters. The fourth-order valence-corrected chi connectivity index (χ4v) is 3.53. The molecule has 0 saturated carbocycles. The minimum Gasteiger partial charge on any atom is -0.475 e. The minimum absolute atomic E-state index is 0.156. The van der Waals surface area contributed by atoms with Crippen LogP contribution in [-0.4, -0.2) is 52.5 Å². The first-order chi connectivity index (χ1) is 11.1. The van der Waals surface area contributed by atoms with Crippen molar-refractivity contribution < 1.29 is 19.1 Å². The Bertz CT molecular complexity index is 777. The van der Waals surface area contributed by atoms with Crippen molar-refractivity contribution in [2.24, 2.45) is 5.92 Å². The van der Waals surface area contributed by atoms with Gasteiger partial charge < -0.3 is 19.7 Å². The number of hydrogen-bond donors (Lipinski definition) is 2. The Morgan fingerprint density at radius 1 is 1.30 bits per heavy atom. The summed E-state index contributed by atoms with van der Waals surface area (Å²) in [6.07, 6.45) is 3.71. The molecule has 0 unspecified atom stereocenters. The standard InChI is InChI=1S/C16H17N3O4/c20-15(18-12-8-19-3-1-9(12)2-4-19)11-6-13-10(7-17-11)5-14(23-13)16(21)22/h5-7,9,12H,1-4,8H2,(H,18,20)(H,21,22)/t12-/m0/s1. The Labute approximate surface area is 132 Å². The molecule has 0 radical (unpaired) electrons. The third-order valence-electron chi connectivity index (χ3n) is 4.82. The van der Waals surface area contributed by atoms with Gasteiger partial charge in [0, 0.05) is 36.3 Å². The van der Waals surface area contributed by atoms with Crippen LogP contribution in [0.2, 0.25) is 0 Å². The summed E-state index contributed by atoms with van der Waals surface area (Å²) in [7, 11) is 0. The molecule has 2 aromatic heterocycles. The number of pyridine rings is 1. The number of rotatable bonds is 3. The largest absolute Gasteiger partial charge is 0.475 e. The number of nitrogens with one attached hydrogen (secondary N) is 1. The second kappa shape index (κ2) is 5.34. The molecule has 2 bridgehead atoms. The van der Waals surface area contributed by atoms with E-state index in [0.29, 0.717) is 16.9 Å². The topological polar surface area (TPSA) is 95.7 Å². The highest BCUT2D eigenvalue weighted by molar-refractivity contribution is 5.97. The summed E-state index contributed by atoms with van der Waals surface area (Å²) in [5.74, 6) is -0.995. The minimum atomic E-state index is -1.14. The van der Waals surface area contributed by atoms with Crippen molar-refractivity contribution in [2.75, 3.05) is 19.6 Å². The Kier molecular flexibility index (Phi) is 3.30. The van der Waals surface area contributed by atoms with E-state index in [0.717, 1.165) is 32.5 Å². The third-order valence-corrected chi connectivity index (χ3v) is 4.82. The molecule has 3 aliphatic heterocycles. The molecule has 23 heavy (non-hydrogen) atoms. The zero-order chi connectivity index (χ0) is 16.0. The predicted molar refractivity (Wildman–Crippen MR) is 81.4 cm³/mol. The van der Waals surface area contributed by atoms with Gasteiger partial charge in [-0.2, -0.15) is 0 Å². The monoisotopic (exact) mass is 315 g/mol. The van der Waals surface area contributed by atoms with E-state index in [1.165, 1.54) is 18.3 Å². The van der Waals surface area contributed by atoms with E-state index in [2.05, 4.69) is 15.2 Å². The number of hydrogen-bond acceptors (Lipinski definition) is 5. The highest BCUT2D eigenvalue weighted by Crippen LogP contribution is 2.27. The van der Waals surface area contributed by atoms with E-state index in [9.17, 15) is 9.59 Å². The molecule has 7 nitrogen and oxygen atoms in total. The Balaban J connectivity index is 1.54. The molecule has 3 fully saturated rings. The molecule has 3 saturated heterocycles. The Hall–Kier alpha value is -2.41. The Morgan fingerprint density at radius 3 is 2.74 bits per heavy atom. The number of carbonyl (C=O) groups is 2. The normalized spacial score (nSPS) is 26.3. The Morgan fingerprint density at radius 2 is 2.09 bits per heavy atom. The van der Waals surface area contributed by atoms with E-state index < -0.39 is 5.97 Å². The second-order valence-corrected chi connectivity index (χ2v) is 6.24. The molecule has 5 rings (SSSR count). The van der Waals surface area contributed by atoms with Crippen molar-refractivity contribution in [3.05, 3.63) is 29.8 Å². The molecule has 2 aromatic rings. The SMILES string of the molecule is O=C(N[C@H]1CN2CCC1CC2)c1cc2oc(C(=O)O)cc2cn1. The van der Waals surface area contributed by atoms with Gasteiger partial charge in [-0.05, 0) is 31.8 Å². The van der Waals surface area contributed by atoms with Crippen molar-refractivity contribution in [1.82, 2.24) is 15.2 Å². The lowest BCUT2D eigenvalue weighted by molar-refractivity contribution is 0.0617. The van der Waals surface area contributed by atoms with E-state index in [4.69, 9.17) is 9.52 Å². The van der Waals surface area contributed by atoms with Gasteiger partial charge in [-0.1, -0.05) is 0 Å². The van der Waals surface area contributed by atoms with Crippen molar-refractivity contribution in [3.63, 3.8) is 0 Å². The van der Waals surface area contributed by atoms with Crippen LogP contribution in [0.15, 0.2) is 22.7 Å². The van der Waals surface area contributed by atoms with E-state index in [1.807, 2.05) is 0 Å². The molecule has 7 heteroatoms. The number of carboxylic acid groups (broad SMARTS) is 1. The number of amides is 1. The van der Waals surface area contributed by atoms with Crippen LogP contribution in [0, 0.1) is 5.92 Å². The summed E-state index contributed by atoms with van der Waals surface area (Å²) in [6, 6.07) is 3.06. The first kappa shape index (κ1) is 14.2. The van der Waals surface area contributed by atoms with Crippen LogP contribution in [0.3, 0.4) is 0 Å². The summed E-state index contributed by atoms with van der Waals surface area (Å²) in [4.78, 5) is 29.8. The van der Waals surface area contributed by atoms with Gasteiger partial charge in [0.2, 0.25) is 5.76 Å². The number of carboxylic acids is 1. The maximum Gasteiger partial charge on any atom is 0.371 e. The van der Waals surface area contributed by atoms with E-state index in [-0.39, 0.29) is 23.4 Å². The van der Waals surface area contributed by atoms with Crippen molar-refractivity contribution in [2.45, 2.75) is 18.9 Å². The third kappa shape index (κ3) is 2.57. The molecule has 0 aliphatic carbocycles. The molecule has 5 heterocycles. The fourth-order valence-electron chi connectivity index (χ4n) is 3.53. The molecule has 0 aromatic carbocycles. The number of aromatic nitrogens is 1. The lowest BCUT2D eigenvalue weighted by Gasteiger charge is -2.44. The van der Waals surface area contributed by atoms with Gasteiger partial charge in [0.25, 0.3) is 5.91 Å². The van der Waals surface area contributed by atoms with Gasteiger partial charge in [0.1, 0.15) is 11.3 Å². The van der Waals surface area contributed by atoms with Crippen LogP contribution >= 0.6 is 0 Å². The van der Waals surface area contributed by atoms with Gasteiger partial charge >= 0.3 is 5.97 Å². The fraction of sp³-hybridized carbons (Fsp3) is 0.438. The average Bonchev–Trinajstić information content (AvgIpc) is 2.99. The lowest BCUT2D eigenvalue weighted by atomic mass is 9.84. The highest BCUT2D eigenvalue weighted by Gasteiger charge is 2.35. The van der Waals surface area contributed by atoms with Gasteiger partial charge in [-0.25, -0.2) is 4.79 Å². The van der Waals surface area contributed by atoms with Crippen LogP contribution in [0.4, 0.5) is 0 Å². The van der Waals surface area contributed by atoms with Crippen LogP contribution in [0.25, 0.3) is 11.0 Å². The molecule has 3 aliphatic rings. The number of aromatic carboxylic acids is 1. The van der Waals surface area contributed by atoms with Crippen LogP contribution in [-0.2, 0) is 0 Å². The zero-order valence-corrected chi connectivity index (χ0v) is 12.5. The summed E-state index contributed by atoms with van der Waals surface area (Å²) in [6.45, 7) is 3.12. The number of fused-ring (bicyclic) bond motifs is 4. The summed E-state index contributed by atoms with van der Waals surface area (Å²) in [5, 5.41) is 12.6. The number of piperidine rings is 3. The van der Waals surface area contributed by atoms with Crippen LogP contribution in [0.5, 0.6) is 0 Å². The maximum absolute atomic E-state index is 12.4. The molecular weight excluding hydrogens is 298 g/mol. The van der Waals surface area contributed by atoms with Gasteiger partial charge in [0.05, 0.1) is 0 Å². The second-order valence-electron chi connectivity index (χ2n) is 6.24. The predicted octanol–water partition coefficient (Wildman–Crippen LogP) is 1.35. The zero-order valence-electron chi connectivity index (χ0n) is 12.5. The van der Waals surface area contributed by atoms with Crippen molar-refractivity contribution in [1.29, 1.82) is 0 Å². The lowest BCUT2D eigenvalue weighted by Crippen LogP contribution is -2.57. The summed E-state index contributed by atoms with van der Waals surface area (Å²) >= 11 is 0. The summed E-state index contributed by atoms with van der Waals surface area (Å²) in [5.41, 5.74) is 0.608. The molecule has 1 amide bonds. The molecule has 120 valence electrons. The number of furan rings is 1. The average molecular weight is 315 g/mol. The van der Waals surface area contributed by atoms with Gasteiger partial charge in [0.15, 0.2) is 0 Å². The smallest absolute Gasteiger partial charge is 0.371 e. The number of nitrogens with zero attached hydrogens (tertiary/aromatic N) is 2. The first-order valence-corrected chi connectivity index (χ1v) is 7.76. The summed E-state index contributed by atoms with van der Waals surface area (Å²) < 4.78 is 5.23. The molecular formula is C16H17N3O4. The van der Waals surface area contributed by atoms with Gasteiger partial charge in [-0.15, -0.1) is 0 Å². The molecule has 2 N–H and O–H groups in total. The first-order valence-electron chi connectivity index (χ1n) is 7.76. The quantitative estimate of drug-likeness (QED) is 0.887. The van der Waals surface area contributed by atoms with Gasteiger partial charge in [-0.3, -0.25) is 9.78 Å². The molecule has 0 spiro atoms. The van der Waals surface area contributed by atoms with Crippen LogP contribution in [0.1, 0.15) is 33.9 Å².